The summed E-state index contributed by atoms with van der Waals surface area (Å²) in [6.07, 6.45) is 0.138. The summed E-state index contributed by atoms with van der Waals surface area (Å²) in [5.41, 5.74) is 0.364. The molecule has 0 unspecified atom stereocenters. The van der Waals surface area contributed by atoms with Crippen LogP contribution in [0.4, 0.5) is 4.39 Å². The molecule has 0 aliphatic carbocycles. The number of aryl methyl sites for hydroxylation is 1. The van der Waals surface area contributed by atoms with Crippen LogP contribution in [-0.2, 0) is 14.8 Å². The van der Waals surface area contributed by atoms with Gasteiger partial charge in [0.1, 0.15) is 5.82 Å². The predicted octanol–water partition coefficient (Wildman–Crippen LogP) is 0.645. The van der Waals surface area contributed by atoms with E-state index < -0.39 is 15.8 Å². The topological polar surface area (TPSA) is 66.5 Å². The Labute approximate surface area is 111 Å². The van der Waals surface area contributed by atoms with E-state index in [-0.39, 0.29) is 36.9 Å². The Balaban J connectivity index is 2.33. The van der Waals surface area contributed by atoms with Gasteiger partial charge >= 0.3 is 0 Å². The van der Waals surface area contributed by atoms with Gasteiger partial charge in [0, 0.05) is 26.1 Å². The summed E-state index contributed by atoms with van der Waals surface area (Å²) in [5, 5.41) is 2.62. The number of carbonyl (C=O) groups is 1. The third kappa shape index (κ3) is 2.93. The molecular formula is C12H15FN2O3S. The van der Waals surface area contributed by atoms with Crippen molar-refractivity contribution in [3.63, 3.8) is 0 Å². The molecule has 1 N–H and O–H groups in total. The van der Waals surface area contributed by atoms with Gasteiger partial charge in [0.05, 0.1) is 4.90 Å². The molecule has 104 valence electrons. The van der Waals surface area contributed by atoms with Crippen molar-refractivity contribution >= 4 is 15.9 Å². The number of hydrogen-bond donors (Lipinski definition) is 1. The van der Waals surface area contributed by atoms with Gasteiger partial charge in [0.2, 0.25) is 15.9 Å². The van der Waals surface area contributed by atoms with Crippen molar-refractivity contribution in [1.82, 2.24) is 9.62 Å². The van der Waals surface area contributed by atoms with Crippen LogP contribution < -0.4 is 5.32 Å². The van der Waals surface area contributed by atoms with Crippen LogP contribution in [0, 0.1) is 12.7 Å². The summed E-state index contributed by atoms with van der Waals surface area (Å²) in [7, 11) is -3.68. The van der Waals surface area contributed by atoms with Crippen LogP contribution in [0.2, 0.25) is 0 Å². The first-order chi connectivity index (χ1) is 8.91. The van der Waals surface area contributed by atoms with Crippen LogP contribution in [0.3, 0.4) is 0 Å². The molecule has 0 aromatic heterocycles. The van der Waals surface area contributed by atoms with Crippen molar-refractivity contribution in [2.75, 3.05) is 19.6 Å². The maximum atomic E-state index is 13.0. The van der Waals surface area contributed by atoms with E-state index in [9.17, 15) is 17.6 Å². The highest BCUT2D eigenvalue weighted by atomic mass is 32.2. The molecular weight excluding hydrogens is 271 g/mol. The summed E-state index contributed by atoms with van der Waals surface area (Å²) >= 11 is 0. The van der Waals surface area contributed by atoms with Gasteiger partial charge < -0.3 is 5.32 Å². The second-order valence-electron chi connectivity index (χ2n) is 4.41. The number of sulfonamides is 1. The zero-order chi connectivity index (χ0) is 14.0. The van der Waals surface area contributed by atoms with Gasteiger partial charge in [0.25, 0.3) is 0 Å². The fourth-order valence-electron chi connectivity index (χ4n) is 2.03. The van der Waals surface area contributed by atoms with Crippen LogP contribution in [-0.4, -0.2) is 38.3 Å². The molecule has 0 atom stereocenters. The lowest BCUT2D eigenvalue weighted by atomic mass is 10.2. The Morgan fingerprint density at radius 3 is 2.74 bits per heavy atom. The molecule has 1 aliphatic heterocycles. The van der Waals surface area contributed by atoms with E-state index in [4.69, 9.17) is 0 Å². The smallest absolute Gasteiger partial charge is 0.243 e. The van der Waals surface area contributed by atoms with Gasteiger partial charge in [-0.15, -0.1) is 0 Å². The first-order valence-corrected chi connectivity index (χ1v) is 7.38. The second kappa shape index (κ2) is 5.26. The minimum atomic E-state index is -3.68. The van der Waals surface area contributed by atoms with Gasteiger partial charge in [-0.1, -0.05) is 0 Å². The van der Waals surface area contributed by atoms with Gasteiger partial charge in [-0.3, -0.25) is 4.79 Å². The zero-order valence-electron chi connectivity index (χ0n) is 10.5. The molecule has 1 aromatic rings. The molecule has 1 aromatic carbocycles. The van der Waals surface area contributed by atoms with Gasteiger partial charge in [-0.2, -0.15) is 4.31 Å². The average molecular weight is 286 g/mol. The maximum Gasteiger partial charge on any atom is 0.243 e. The van der Waals surface area contributed by atoms with E-state index in [0.717, 1.165) is 6.07 Å². The van der Waals surface area contributed by atoms with Gasteiger partial charge in [-0.05, 0) is 30.7 Å². The summed E-state index contributed by atoms with van der Waals surface area (Å²) in [6, 6.07) is 3.58. The average Bonchev–Trinajstić information content (AvgIpc) is 2.53. The van der Waals surface area contributed by atoms with Crippen LogP contribution in [0.5, 0.6) is 0 Å². The SMILES string of the molecule is Cc1cc(F)ccc1S(=O)(=O)N1CCNC(=O)CC1. The van der Waals surface area contributed by atoms with E-state index >= 15 is 0 Å². The molecule has 1 saturated heterocycles. The number of rotatable bonds is 2. The molecule has 0 saturated carbocycles. The maximum absolute atomic E-state index is 13.0. The summed E-state index contributed by atoms with van der Waals surface area (Å²) in [6.45, 7) is 2.21. The van der Waals surface area contributed by atoms with E-state index in [0.29, 0.717) is 5.56 Å². The first kappa shape index (κ1) is 14.0. The molecule has 5 nitrogen and oxygen atoms in total. The molecule has 7 heteroatoms. The third-order valence-corrected chi connectivity index (χ3v) is 5.09. The monoisotopic (exact) mass is 286 g/mol. The minimum absolute atomic E-state index is 0.0863. The predicted molar refractivity (Wildman–Crippen MR) is 67.5 cm³/mol. The van der Waals surface area contributed by atoms with Crippen LogP contribution in [0.25, 0.3) is 0 Å². The molecule has 0 radical (unpaired) electrons. The highest BCUT2D eigenvalue weighted by Crippen LogP contribution is 2.21. The number of carbonyl (C=O) groups excluding carboxylic acids is 1. The van der Waals surface area contributed by atoms with Crippen molar-refractivity contribution in [2.24, 2.45) is 0 Å². The number of hydrogen-bond acceptors (Lipinski definition) is 3. The lowest BCUT2D eigenvalue weighted by molar-refractivity contribution is -0.120. The number of amides is 1. The Kier molecular flexibility index (Phi) is 3.86. The zero-order valence-corrected chi connectivity index (χ0v) is 11.3. The highest BCUT2D eigenvalue weighted by Gasteiger charge is 2.28. The Morgan fingerprint density at radius 2 is 2.05 bits per heavy atom. The third-order valence-electron chi connectivity index (χ3n) is 3.03. The van der Waals surface area contributed by atoms with Crippen molar-refractivity contribution in [3.8, 4) is 0 Å². The van der Waals surface area contributed by atoms with Crippen LogP contribution in [0.1, 0.15) is 12.0 Å². The van der Waals surface area contributed by atoms with Crippen molar-refractivity contribution in [3.05, 3.63) is 29.6 Å². The minimum Gasteiger partial charge on any atom is -0.355 e. The Morgan fingerprint density at radius 1 is 1.32 bits per heavy atom. The quantitative estimate of drug-likeness (QED) is 0.868. The molecule has 1 amide bonds. The fraction of sp³-hybridized carbons (Fsp3) is 0.417. The summed E-state index contributed by atoms with van der Waals surface area (Å²) in [5.74, 6) is -0.627. The normalized spacial score (nSPS) is 17.9. The van der Waals surface area contributed by atoms with Crippen molar-refractivity contribution in [1.29, 1.82) is 0 Å². The highest BCUT2D eigenvalue weighted by molar-refractivity contribution is 7.89. The molecule has 1 fully saturated rings. The summed E-state index contributed by atoms with van der Waals surface area (Å²) in [4.78, 5) is 11.3. The van der Waals surface area contributed by atoms with E-state index in [1.807, 2.05) is 0 Å². The van der Waals surface area contributed by atoms with E-state index in [1.54, 1.807) is 6.92 Å². The van der Waals surface area contributed by atoms with Gasteiger partial charge in [-0.25, -0.2) is 12.8 Å². The standard InChI is InChI=1S/C12H15FN2O3S/c1-9-8-10(13)2-3-11(9)19(17,18)15-6-4-12(16)14-5-7-15/h2-3,8H,4-7H2,1H3,(H,14,16). The lowest BCUT2D eigenvalue weighted by Gasteiger charge is -2.20. The molecule has 0 bridgehead atoms. The van der Waals surface area contributed by atoms with E-state index in [1.165, 1.54) is 16.4 Å². The van der Waals surface area contributed by atoms with Crippen LogP contribution >= 0.6 is 0 Å². The Bertz CT molecular complexity index is 601. The second-order valence-corrected chi connectivity index (χ2v) is 6.32. The number of halogens is 1. The van der Waals surface area contributed by atoms with Crippen LogP contribution in [0.15, 0.2) is 23.1 Å². The van der Waals surface area contributed by atoms with E-state index in [2.05, 4.69) is 5.32 Å². The first-order valence-electron chi connectivity index (χ1n) is 5.94. The largest absolute Gasteiger partial charge is 0.355 e. The van der Waals surface area contributed by atoms with Crippen molar-refractivity contribution in [2.45, 2.75) is 18.2 Å². The molecule has 1 heterocycles. The summed E-state index contributed by atoms with van der Waals surface area (Å²) < 4.78 is 39.2. The van der Waals surface area contributed by atoms with Gasteiger partial charge in [0.15, 0.2) is 0 Å². The van der Waals surface area contributed by atoms with Crippen molar-refractivity contribution < 1.29 is 17.6 Å². The fourth-order valence-corrected chi connectivity index (χ4v) is 3.68. The Hall–Kier alpha value is -1.47. The molecule has 2 rings (SSSR count). The molecule has 1 aliphatic rings. The molecule has 0 spiro atoms. The number of nitrogens with zero attached hydrogens (tertiary/aromatic N) is 1. The number of benzene rings is 1. The number of nitrogens with one attached hydrogen (secondary N) is 1. The lowest BCUT2D eigenvalue weighted by Crippen LogP contribution is -2.34. The molecule has 19 heavy (non-hydrogen) atoms.